The van der Waals surface area contributed by atoms with Crippen LogP contribution in [0.3, 0.4) is 0 Å². The van der Waals surface area contributed by atoms with Crippen LogP contribution in [0.25, 0.3) is 0 Å². The number of sulfonamides is 1. The minimum atomic E-state index is -3.69. The molecule has 2 rings (SSSR count). The highest BCUT2D eigenvalue weighted by Gasteiger charge is 2.14. The van der Waals surface area contributed by atoms with Gasteiger partial charge in [-0.1, -0.05) is 6.07 Å². The lowest BCUT2D eigenvalue weighted by Gasteiger charge is -2.10. The zero-order valence-electron chi connectivity index (χ0n) is 10.9. The van der Waals surface area contributed by atoms with Crippen LogP contribution in [0.1, 0.15) is 0 Å². The van der Waals surface area contributed by atoms with Gasteiger partial charge in [-0.15, -0.1) is 0 Å². The minimum Gasteiger partial charge on any atom is -0.399 e. The first-order valence-corrected chi connectivity index (χ1v) is 7.43. The van der Waals surface area contributed by atoms with Gasteiger partial charge in [0.15, 0.2) is 0 Å². The third-order valence-corrected chi connectivity index (χ3v) is 3.96. The lowest BCUT2D eigenvalue weighted by Crippen LogP contribution is -2.18. The number of carbonyl (C=O) groups is 1. The SMILES string of the molecule is Nc1cccc(S(=O)(=O)Nc2ccc(NNC=O)cc2)c1. The molecule has 0 aliphatic rings. The molecule has 8 heteroatoms. The highest BCUT2D eigenvalue weighted by Crippen LogP contribution is 2.19. The van der Waals surface area contributed by atoms with Crippen molar-refractivity contribution in [3.05, 3.63) is 48.5 Å². The number of hydrogen-bond acceptors (Lipinski definition) is 5. The van der Waals surface area contributed by atoms with Crippen LogP contribution >= 0.6 is 0 Å². The molecular formula is C13H14N4O3S. The van der Waals surface area contributed by atoms with Crippen molar-refractivity contribution in [1.29, 1.82) is 0 Å². The maximum Gasteiger partial charge on any atom is 0.261 e. The number of nitrogens with one attached hydrogen (secondary N) is 3. The fourth-order valence-electron chi connectivity index (χ4n) is 1.63. The molecule has 0 aliphatic heterocycles. The van der Waals surface area contributed by atoms with Crippen LogP contribution in [0.4, 0.5) is 17.1 Å². The van der Waals surface area contributed by atoms with Gasteiger partial charge < -0.3 is 5.73 Å². The van der Waals surface area contributed by atoms with Gasteiger partial charge >= 0.3 is 0 Å². The maximum atomic E-state index is 12.2. The Kier molecular flexibility index (Phi) is 4.29. The molecule has 2 aromatic rings. The number of benzene rings is 2. The van der Waals surface area contributed by atoms with Gasteiger partial charge in [0.05, 0.1) is 10.6 Å². The Bertz CT molecular complexity index is 729. The van der Waals surface area contributed by atoms with Crippen molar-refractivity contribution in [3.63, 3.8) is 0 Å². The van der Waals surface area contributed by atoms with E-state index in [1.807, 2.05) is 0 Å². The molecule has 0 bridgehead atoms. The van der Waals surface area contributed by atoms with E-state index in [1.54, 1.807) is 36.4 Å². The van der Waals surface area contributed by atoms with Gasteiger partial charge in [0.1, 0.15) is 0 Å². The second-order valence-electron chi connectivity index (χ2n) is 4.14. The molecule has 5 N–H and O–H groups in total. The molecule has 1 amide bonds. The van der Waals surface area contributed by atoms with Gasteiger partial charge in [0.25, 0.3) is 10.0 Å². The second-order valence-corrected chi connectivity index (χ2v) is 5.82. The summed E-state index contributed by atoms with van der Waals surface area (Å²) in [6.07, 6.45) is 0.496. The largest absolute Gasteiger partial charge is 0.399 e. The maximum absolute atomic E-state index is 12.2. The van der Waals surface area contributed by atoms with Crippen LogP contribution in [0.15, 0.2) is 53.4 Å². The molecule has 0 spiro atoms. The predicted octanol–water partition coefficient (Wildman–Crippen LogP) is 1.14. The molecular weight excluding hydrogens is 292 g/mol. The van der Waals surface area contributed by atoms with E-state index in [1.165, 1.54) is 12.1 Å². The van der Waals surface area contributed by atoms with Crippen molar-refractivity contribution in [2.24, 2.45) is 0 Å². The molecule has 0 radical (unpaired) electrons. The summed E-state index contributed by atoms with van der Waals surface area (Å²) in [6, 6.07) is 12.4. The van der Waals surface area contributed by atoms with Gasteiger partial charge in [0, 0.05) is 11.4 Å². The number of rotatable bonds is 6. The fraction of sp³-hybridized carbons (Fsp3) is 0. The minimum absolute atomic E-state index is 0.0901. The molecule has 0 unspecified atom stereocenters. The highest BCUT2D eigenvalue weighted by atomic mass is 32.2. The highest BCUT2D eigenvalue weighted by molar-refractivity contribution is 7.92. The van der Waals surface area contributed by atoms with Gasteiger partial charge in [-0.25, -0.2) is 8.42 Å². The fourth-order valence-corrected chi connectivity index (χ4v) is 2.74. The van der Waals surface area contributed by atoms with Crippen molar-refractivity contribution < 1.29 is 13.2 Å². The summed E-state index contributed by atoms with van der Waals surface area (Å²) in [6.45, 7) is 0. The van der Waals surface area contributed by atoms with E-state index in [9.17, 15) is 13.2 Å². The summed E-state index contributed by atoms with van der Waals surface area (Å²) in [5.41, 5.74) is 11.9. The Morgan fingerprint density at radius 2 is 1.67 bits per heavy atom. The van der Waals surface area contributed by atoms with Crippen molar-refractivity contribution in [2.75, 3.05) is 15.9 Å². The zero-order chi connectivity index (χ0) is 15.3. The molecule has 0 saturated carbocycles. The Hall–Kier alpha value is -2.74. The number of carbonyl (C=O) groups excluding carboxylic acids is 1. The molecule has 0 atom stereocenters. The number of hydrazine groups is 1. The molecule has 0 aromatic heterocycles. The quantitative estimate of drug-likeness (QED) is 0.363. The molecule has 7 nitrogen and oxygen atoms in total. The van der Waals surface area contributed by atoms with Crippen molar-refractivity contribution in [1.82, 2.24) is 5.43 Å². The lowest BCUT2D eigenvalue weighted by molar-refractivity contribution is -0.109. The van der Waals surface area contributed by atoms with E-state index in [2.05, 4.69) is 15.6 Å². The number of amides is 1. The van der Waals surface area contributed by atoms with E-state index < -0.39 is 10.0 Å². The first-order valence-electron chi connectivity index (χ1n) is 5.95. The van der Waals surface area contributed by atoms with Gasteiger partial charge in [-0.3, -0.25) is 20.4 Å². The molecule has 2 aromatic carbocycles. The molecule has 21 heavy (non-hydrogen) atoms. The molecule has 0 fully saturated rings. The number of nitrogens with two attached hydrogens (primary N) is 1. The van der Waals surface area contributed by atoms with Gasteiger partial charge in [-0.05, 0) is 42.5 Å². The average Bonchev–Trinajstić information content (AvgIpc) is 2.46. The number of nitrogen functional groups attached to an aromatic ring is 1. The van der Waals surface area contributed by atoms with E-state index in [4.69, 9.17) is 5.73 Å². The van der Waals surface area contributed by atoms with Crippen LogP contribution in [-0.4, -0.2) is 14.8 Å². The van der Waals surface area contributed by atoms with E-state index >= 15 is 0 Å². The average molecular weight is 306 g/mol. The van der Waals surface area contributed by atoms with Gasteiger partial charge in [0.2, 0.25) is 6.41 Å². The zero-order valence-corrected chi connectivity index (χ0v) is 11.7. The van der Waals surface area contributed by atoms with Crippen molar-refractivity contribution in [2.45, 2.75) is 4.90 Å². The molecule has 0 saturated heterocycles. The van der Waals surface area contributed by atoms with Crippen LogP contribution in [0.2, 0.25) is 0 Å². The normalized spacial score (nSPS) is 10.7. The standard InChI is InChI=1S/C13H14N4O3S/c14-10-2-1-3-13(8-10)21(19,20)17-12-6-4-11(5-7-12)16-15-9-18/h1-9,16-17H,14H2,(H,15,18). The molecule has 0 heterocycles. The number of hydrogen-bond donors (Lipinski definition) is 4. The number of anilines is 3. The predicted molar refractivity (Wildman–Crippen MR) is 80.9 cm³/mol. The first kappa shape index (κ1) is 14.7. The van der Waals surface area contributed by atoms with E-state index in [0.717, 1.165) is 0 Å². The lowest BCUT2D eigenvalue weighted by atomic mass is 10.3. The van der Waals surface area contributed by atoms with Crippen LogP contribution < -0.4 is 21.3 Å². The van der Waals surface area contributed by atoms with Crippen LogP contribution in [0.5, 0.6) is 0 Å². The third-order valence-electron chi connectivity index (χ3n) is 2.58. The molecule has 110 valence electrons. The summed E-state index contributed by atoms with van der Waals surface area (Å²) in [4.78, 5) is 10.2. The summed E-state index contributed by atoms with van der Waals surface area (Å²) >= 11 is 0. The second kappa shape index (κ2) is 6.14. The monoisotopic (exact) mass is 306 g/mol. The van der Waals surface area contributed by atoms with Crippen LogP contribution in [0, 0.1) is 0 Å². The summed E-state index contributed by atoms with van der Waals surface area (Å²) in [5, 5.41) is 0. The van der Waals surface area contributed by atoms with E-state index in [-0.39, 0.29) is 4.90 Å². The Labute approximate surface area is 122 Å². The van der Waals surface area contributed by atoms with E-state index in [0.29, 0.717) is 23.5 Å². The Morgan fingerprint density at radius 3 is 2.29 bits per heavy atom. The van der Waals surface area contributed by atoms with Crippen molar-refractivity contribution in [3.8, 4) is 0 Å². The van der Waals surface area contributed by atoms with Crippen molar-refractivity contribution >= 4 is 33.5 Å². The Balaban J connectivity index is 2.15. The Morgan fingerprint density at radius 1 is 1.00 bits per heavy atom. The first-order chi connectivity index (χ1) is 10.0. The topological polar surface area (TPSA) is 113 Å². The van der Waals surface area contributed by atoms with Gasteiger partial charge in [-0.2, -0.15) is 0 Å². The third kappa shape index (κ3) is 3.86. The summed E-state index contributed by atoms with van der Waals surface area (Å²) in [7, 11) is -3.69. The summed E-state index contributed by atoms with van der Waals surface area (Å²) in [5.74, 6) is 0. The molecule has 0 aliphatic carbocycles. The van der Waals surface area contributed by atoms with Crippen LogP contribution in [-0.2, 0) is 14.8 Å². The summed E-state index contributed by atoms with van der Waals surface area (Å²) < 4.78 is 26.8. The smallest absolute Gasteiger partial charge is 0.261 e.